The molecule has 0 aliphatic heterocycles. The van der Waals surface area contributed by atoms with Gasteiger partial charge < -0.3 is 14.8 Å². The lowest BCUT2D eigenvalue weighted by Gasteiger charge is -2.12. The highest BCUT2D eigenvalue weighted by atomic mass is 16.5. The minimum atomic E-state index is -0.276. The van der Waals surface area contributed by atoms with E-state index in [2.05, 4.69) is 20.3 Å². The Kier molecular flexibility index (Phi) is 6.17. The number of hydrogen-bond acceptors (Lipinski definition) is 6. The van der Waals surface area contributed by atoms with E-state index in [1.165, 1.54) is 0 Å². The minimum Gasteiger partial charge on any atom is -0.457 e. The molecule has 35 heavy (non-hydrogen) atoms. The lowest BCUT2D eigenvalue weighted by atomic mass is 10.1. The quantitative estimate of drug-likeness (QED) is 0.328. The molecule has 0 fully saturated rings. The highest BCUT2D eigenvalue weighted by Crippen LogP contribution is 2.27. The molecule has 0 bridgehead atoms. The van der Waals surface area contributed by atoms with E-state index < -0.39 is 0 Å². The van der Waals surface area contributed by atoms with Crippen LogP contribution in [0.1, 0.15) is 16.2 Å². The summed E-state index contributed by atoms with van der Waals surface area (Å²) in [7, 11) is 0. The Balaban J connectivity index is 1.28. The Morgan fingerprint density at radius 3 is 2.37 bits per heavy atom. The molecule has 0 spiro atoms. The molecule has 8 heteroatoms. The fourth-order valence-electron chi connectivity index (χ4n) is 3.39. The summed E-state index contributed by atoms with van der Waals surface area (Å²) in [5.74, 6) is 3.07. The third-order valence-electron chi connectivity index (χ3n) is 5.01. The van der Waals surface area contributed by atoms with Gasteiger partial charge in [0.05, 0.1) is 5.56 Å². The van der Waals surface area contributed by atoms with Crippen LogP contribution in [0.25, 0.3) is 5.82 Å². The van der Waals surface area contributed by atoms with Crippen molar-refractivity contribution in [2.24, 2.45) is 0 Å². The zero-order chi connectivity index (χ0) is 24.0. The Hall–Kier alpha value is -4.98. The largest absolute Gasteiger partial charge is 0.457 e. The number of amides is 1. The monoisotopic (exact) mass is 463 g/mol. The van der Waals surface area contributed by atoms with Crippen molar-refractivity contribution in [2.75, 3.05) is 5.32 Å². The van der Waals surface area contributed by atoms with Gasteiger partial charge in [-0.3, -0.25) is 9.36 Å². The van der Waals surface area contributed by atoms with Crippen LogP contribution in [0.5, 0.6) is 23.1 Å². The highest BCUT2D eigenvalue weighted by Gasteiger charge is 2.13. The molecule has 0 atom stereocenters. The minimum absolute atomic E-state index is 0.276. The van der Waals surface area contributed by atoms with Gasteiger partial charge in [0.1, 0.15) is 35.2 Å². The number of carbonyl (C=O) groups excluding carboxylic acids is 1. The summed E-state index contributed by atoms with van der Waals surface area (Å²) >= 11 is 0. The van der Waals surface area contributed by atoms with Crippen LogP contribution < -0.4 is 14.8 Å². The number of rotatable bonds is 7. The number of benzene rings is 3. The van der Waals surface area contributed by atoms with E-state index in [-0.39, 0.29) is 5.91 Å². The second-order valence-corrected chi connectivity index (χ2v) is 7.57. The van der Waals surface area contributed by atoms with Gasteiger partial charge in [0.15, 0.2) is 0 Å². The van der Waals surface area contributed by atoms with Gasteiger partial charge in [-0.15, -0.1) is 0 Å². The van der Waals surface area contributed by atoms with Crippen LogP contribution >= 0.6 is 0 Å². The number of hydrogen-bond donors (Lipinski definition) is 1. The van der Waals surface area contributed by atoms with Gasteiger partial charge in [0.2, 0.25) is 5.88 Å². The maximum Gasteiger partial charge on any atom is 0.259 e. The lowest BCUT2D eigenvalue weighted by Crippen LogP contribution is -2.12. The summed E-state index contributed by atoms with van der Waals surface area (Å²) in [6.07, 6.45) is 5.13. The van der Waals surface area contributed by atoms with Crippen molar-refractivity contribution >= 4 is 11.6 Å². The van der Waals surface area contributed by atoms with Crippen LogP contribution in [-0.2, 0) is 0 Å². The first-order valence-corrected chi connectivity index (χ1v) is 10.9. The molecule has 5 rings (SSSR count). The van der Waals surface area contributed by atoms with Gasteiger partial charge in [-0.25, -0.2) is 9.97 Å². The van der Waals surface area contributed by atoms with Crippen molar-refractivity contribution in [1.82, 2.24) is 19.5 Å². The number of nitrogens with zero attached hydrogens (tertiary/aromatic N) is 4. The van der Waals surface area contributed by atoms with Crippen molar-refractivity contribution in [3.63, 3.8) is 0 Å². The molecule has 0 aliphatic rings. The number of nitrogens with one attached hydrogen (secondary N) is 1. The van der Waals surface area contributed by atoms with Crippen molar-refractivity contribution in [2.45, 2.75) is 6.92 Å². The molecule has 0 aliphatic carbocycles. The van der Waals surface area contributed by atoms with Crippen molar-refractivity contribution < 1.29 is 14.3 Å². The molecule has 1 amide bonds. The van der Waals surface area contributed by atoms with E-state index in [1.54, 1.807) is 78.7 Å². The first-order valence-electron chi connectivity index (χ1n) is 10.9. The van der Waals surface area contributed by atoms with Crippen LogP contribution in [0.2, 0.25) is 0 Å². The number of aromatic nitrogens is 4. The van der Waals surface area contributed by atoms with Gasteiger partial charge in [-0.1, -0.05) is 30.3 Å². The molecular formula is C27H21N5O3. The standard InChI is InChI=1S/C27H21N5O3/c1-19-29-25(32-16-15-28-18-32)17-26(30-19)35-22-13-11-20(12-14-22)31-27(33)23-9-5-6-10-24(23)34-21-7-3-2-4-8-21/h2-18H,1H3,(H,31,33). The van der Waals surface area contributed by atoms with Gasteiger partial charge in [0.25, 0.3) is 5.91 Å². The van der Waals surface area contributed by atoms with E-state index in [4.69, 9.17) is 9.47 Å². The zero-order valence-electron chi connectivity index (χ0n) is 18.8. The van der Waals surface area contributed by atoms with Crippen molar-refractivity contribution in [1.29, 1.82) is 0 Å². The number of imidazole rings is 1. The third kappa shape index (κ3) is 5.33. The lowest BCUT2D eigenvalue weighted by molar-refractivity contribution is 0.102. The Morgan fingerprint density at radius 1 is 0.857 bits per heavy atom. The van der Waals surface area contributed by atoms with Crippen LogP contribution in [0.4, 0.5) is 5.69 Å². The van der Waals surface area contributed by atoms with Crippen molar-refractivity contribution in [3.05, 3.63) is 115 Å². The molecule has 0 saturated carbocycles. The summed E-state index contributed by atoms with van der Waals surface area (Å²) in [6.45, 7) is 1.80. The molecule has 2 aromatic heterocycles. The number of para-hydroxylation sites is 2. The second kappa shape index (κ2) is 9.88. The van der Waals surface area contributed by atoms with Crippen molar-refractivity contribution in [3.8, 4) is 28.9 Å². The fraction of sp³-hybridized carbons (Fsp3) is 0.0370. The van der Waals surface area contributed by atoms with Gasteiger partial charge in [-0.2, -0.15) is 4.98 Å². The SMILES string of the molecule is Cc1nc(Oc2ccc(NC(=O)c3ccccc3Oc3ccccc3)cc2)cc(-n2ccnc2)n1. The second-order valence-electron chi connectivity index (χ2n) is 7.57. The summed E-state index contributed by atoms with van der Waals surface area (Å²) in [4.78, 5) is 25.7. The average Bonchev–Trinajstić information content (AvgIpc) is 3.41. The predicted molar refractivity (Wildman–Crippen MR) is 131 cm³/mol. The molecular weight excluding hydrogens is 442 g/mol. The maximum atomic E-state index is 12.9. The number of carbonyl (C=O) groups is 1. The fourth-order valence-corrected chi connectivity index (χ4v) is 3.39. The van der Waals surface area contributed by atoms with E-state index in [0.29, 0.717) is 46.0 Å². The van der Waals surface area contributed by atoms with Crippen LogP contribution in [0.3, 0.4) is 0 Å². The Morgan fingerprint density at radius 2 is 1.60 bits per heavy atom. The maximum absolute atomic E-state index is 12.9. The van der Waals surface area contributed by atoms with Crippen LogP contribution in [-0.4, -0.2) is 25.4 Å². The molecule has 0 unspecified atom stereocenters. The molecule has 0 saturated heterocycles. The number of aryl methyl sites for hydroxylation is 1. The highest BCUT2D eigenvalue weighted by molar-refractivity contribution is 6.06. The molecule has 0 radical (unpaired) electrons. The molecule has 172 valence electrons. The Bertz CT molecular complexity index is 1440. The number of anilines is 1. The molecule has 5 aromatic rings. The summed E-state index contributed by atoms with van der Waals surface area (Å²) in [6, 6.07) is 25.2. The Labute approximate surface area is 201 Å². The molecule has 3 aromatic carbocycles. The normalized spacial score (nSPS) is 10.5. The molecule has 8 nitrogen and oxygen atoms in total. The van der Waals surface area contributed by atoms with Crippen LogP contribution in [0, 0.1) is 6.92 Å². The van der Waals surface area contributed by atoms with E-state index in [9.17, 15) is 4.79 Å². The number of ether oxygens (including phenoxy) is 2. The van der Waals surface area contributed by atoms with E-state index in [1.807, 2.05) is 36.4 Å². The summed E-state index contributed by atoms with van der Waals surface area (Å²) in [5, 5.41) is 2.90. The van der Waals surface area contributed by atoms with E-state index >= 15 is 0 Å². The van der Waals surface area contributed by atoms with Gasteiger partial charge in [0, 0.05) is 24.1 Å². The predicted octanol–water partition coefficient (Wildman–Crippen LogP) is 5.81. The smallest absolute Gasteiger partial charge is 0.259 e. The first kappa shape index (κ1) is 21.8. The zero-order valence-corrected chi connectivity index (χ0v) is 18.8. The van der Waals surface area contributed by atoms with Crippen LogP contribution in [0.15, 0.2) is 104 Å². The first-order chi connectivity index (χ1) is 17.1. The molecule has 1 N–H and O–H groups in total. The topological polar surface area (TPSA) is 91.2 Å². The van der Waals surface area contributed by atoms with E-state index in [0.717, 1.165) is 0 Å². The van der Waals surface area contributed by atoms with Gasteiger partial charge >= 0.3 is 0 Å². The molecule has 2 heterocycles. The summed E-state index contributed by atoms with van der Waals surface area (Å²) < 4.78 is 13.6. The third-order valence-corrected chi connectivity index (χ3v) is 5.01. The average molecular weight is 463 g/mol. The van der Waals surface area contributed by atoms with Gasteiger partial charge in [-0.05, 0) is 55.5 Å². The summed E-state index contributed by atoms with van der Waals surface area (Å²) in [5.41, 5.74) is 1.05.